The Morgan fingerprint density at radius 1 is 1.00 bits per heavy atom. The second-order valence-electron chi connectivity index (χ2n) is 7.35. The lowest BCUT2D eigenvalue weighted by Crippen LogP contribution is -2.29. The van der Waals surface area contributed by atoms with E-state index < -0.39 is 0 Å². The van der Waals surface area contributed by atoms with E-state index in [0.29, 0.717) is 13.2 Å². The van der Waals surface area contributed by atoms with Gasteiger partial charge in [0.25, 0.3) is 0 Å². The number of carbonyl (C=O) groups is 1. The van der Waals surface area contributed by atoms with Crippen LogP contribution in [0.2, 0.25) is 0 Å². The van der Waals surface area contributed by atoms with Gasteiger partial charge < -0.3 is 10.1 Å². The molecule has 0 unspecified atom stereocenters. The monoisotopic (exact) mass is 437 g/mol. The van der Waals surface area contributed by atoms with Gasteiger partial charge in [0.05, 0.1) is 18.8 Å². The van der Waals surface area contributed by atoms with E-state index >= 15 is 0 Å². The third-order valence-electron chi connectivity index (χ3n) is 5.05. The summed E-state index contributed by atoms with van der Waals surface area (Å²) in [5.41, 5.74) is 1.01. The fourth-order valence-corrected chi connectivity index (χ4v) is 4.33. The van der Waals surface area contributed by atoms with Crippen molar-refractivity contribution >= 4 is 17.7 Å². The van der Waals surface area contributed by atoms with Gasteiger partial charge in [0, 0.05) is 5.69 Å². The van der Waals surface area contributed by atoms with Crippen molar-refractivity contribution in [2.24, 2.45) is 0 Å². The first-order chi connectivity index (χ1) is 15.3. The minimum Gasteiger partial charge on any atom is -0.492 e. The molecule has 1 saturated heterocycles. The number of carbonyl (C=O) groups excluding carboxylic acids is 1. The van der Waals surface area contributed by atoms with Crippen LogP contribution in [0.5, 0.6) is 5.75 Å². The van der Waals surface area contributed by atoms with Gasteiger partial charge in [-0.3, -0.25) is 14.3 Å². The van der Waals surface area contributed by atoms with Crippen molar-refractivity contribution in [1.29, 1.82) is 0 Å². The molecule has 1 N–H and O–H groups in total. The van der Waals surface area contributed by atoms with Crippen molar-refractivity contribution in [2.75, 3.05) is 32.0 Å². The number of rotatable bonds is 10. The molecule has 1 amide bonds. The summed E-state index contributed by atoms with van der Waals surface area (Å²) < 4.78 is 7.67. The normalized spacial score (nSPS) is 13.9. The summed E-state index contributed by atoms with van der Waals surface area (Å²) in [6.07, 6.45) is 2.46. The maximum Gasteiger partial charge on any atom is 0.230 e. The number of nitrogens with zero attached hydrogens (tertiary/aromatic N) is 4. The Bertz CT molecular complexity index is 959. The Labute approximate surface area is 186 Å². The van der Waals surface area contributed by atoms with Crippen molar-refractivity contribution in [3.8, 4) is 11.4 Å². The van der Waals surface area contributed by atoms with E-state index in [2.05, 4.69) is 25.0 Å². The third kappa shape index (κ3) is 6.08. The molecule has 162 valence electrons. The number of likely N-dealkylation sites (tertiary alicyclic amines) is 1. The van der Waals surface area contributed by atoms with Crippen molar-refractivity contribution in [1.82, 2.24) is 25.0 Å². The van der Waals surface area contributed by atoms with Crippen molar-refractivity contribution in [2.45, 2.75) is 24.5 Å². The lowest BCUT2D eigenvalue weighted by molar-refractivity contribution is -0.118. The number of amides is 1. The first-order valence-corrected chi connectivity index (χ1v) is 11.6. The molecule has 2 aromatic carbocycles. The zero-order valence-corrected chi connectivity index (χ0v) is 18.3. The number of hydrogen-bond acceptors (Lipinski definition) is 6. The molecule has 0 radical (unpaired) electrons. The molecule has 1 aliphatic rings. The maximum absolute atomic E-state index is 12.3. The van der Waals surface area contributed by atoms with E-state index in [-0.39, 0.29) is 11.7 Å². The standard InChI is InChI=1S/C23H27N5O2S/c29-22(24-13-16-30-20-11-5-2-6-12-20)18-31-23-26-25-21(17-27-14-7-8-15-27)28(23)19-9-3-1-4-10-19/h1-6,9-12H,7-8,13-18H2,(H,24,29). The van der Waals surface area contributed by atoms with Crippen LogP contribution in [0.3, 0.4) is 0 Å². The number of para-hydroxylation sites is 2. The second-order valence-corrected chi connectivity index (χ2v) is 8.30. The summed E-state index contributed by atoms with van der Waals surface area (Å²) in [5.74, 6) is 1.94. The molecule has 0 saturated carbocycles. The van der Waals surface area contributed by atoms with Crippen LogP contribution in [-0.4, -0.2) is 57.6 Å². The molecular formula is C23H27N5O2S. The summed E-state index contributed by atoms with van der Waals surface area (Å²) in [6.45, 7) is 3.85. The highest BCUT2D eigenvalue weighted by molar-refractivity contribution is 7.99. The largest absolute Gasteiger partial charge is 0.492 e. The lowest BCUT2D eigenvalue weighted by atomic mass is 10.3. The van der Waals surface area contributed by atoms with Crippen molar-refractivity contribution in [3.63, 3.8) is 0 Å². The van der Waals surface area contributed by atoms with Gasteiger partial charge in [0.1, 0.15) is 12.4 Å². The summed E-state index contributed by atoms with van der Waals surface area (Å²) in [7, 11) is 0. The zero-order chi connectivity index (χ0) is 21.3. The molecule has 0 aliphatic carbocycles. The van der Waals surface area contributed by atoms with Gasteiger partial charge in [0.2, 0.25) is 5.91 Å². The molecule has 1 aliphatic heterocycles. The molecule has 3 aromatic rings. The number of benzene rings is 2. The predicted molar refractivity (Wildman–Crippen MR) is 122 cm³/mol. The van der Waals surface area contributed by atoms with E-state index in [1.807, 2.05) is 60.7 Å². The number of ether oxygens (including phenoxy) is 1. The smallest absolute Gasteiger partial charge is 0.230 e. The SMILES string of the molecule is O=C(CSc1nnc(CN2CCCC2)n1-c1ccccc1)NCCOc1ccccc1. The lowest BCUT2D eigenvalue weighted by Gasteiger charge is -2.16. The van der Waals surface area contributed by atoms with Gasteiger partial charge >= 0.3 is 0 Å². The highest BCUT2D eigenvalue weighted by Crippen LogP contribution is 2.23. The number of hydrogen-bond donors (Lipinski definition) is 1. The molecule has 0 atom stereocenters. The quantitative estimate of drug-likeness (QED) is 0.388. The molecule has 0 bridgehead atoms. The Hall–Kier alpha value is -2.84. The number of aromatic nitrogens is 3. The minimum absolute atomic E-state index is 0.0506. The molecule has 0 spiro atoms. The van der Waals surface area contributed by atoms with Crippen molar-refractivity contribution in [3.05, 3.63) is 66.5 Å². The Balaban J connectivity index is 1.33. The van der Waals surface area contributed by atoms with E-state index in [1.165, 1.54) is 24.6 Å². The van der Waals surface area contributed by atoms with E-state index in [9.17, 15) is 4.79 Å². The highest BCUT2D eigenvalue weighted by atomic mass is 32.2. The van der Waals surface area contributed by atoms with E-state index in [0.717, 1.165) is 42.1 Å². The van der Waals surface area contributed by atoms with Gasteiger partial charge in [-0.1, -0.05) is 48.2 Å². The Kier molecular flexibility index (Phi) is 7.57. The van der Waals surface area contributed by atoms with Crippen LogP contribution in [0.15, 0.2) is 65.8 Å². The molecule has 7 nitrogen and oxygen atoms in total. The van der Waals surface area contributed by atoms with Crippen LogP contribution >= 0.6 is 11.8 Å². The minimum atomic E-state index is -0.0506. The first kappa shape index (κ1) is 21.4. The van der Waals surface area contributed by atoms with Crippen LogP contribution in [-0.2, 0) is 11.3 Å². The van der Waals surface area contributed by atoms with Crippen LogP contribution in [0.4, 0.5) is 0 Å². The summed E-state index contributed by atoms with van der Waals surface area (Å²) >= 11 is 1.40. The maximum atomic E-state index is 12.3. The molecular weight excluding hydrogens is 410 g/mol. The Morgan fingerprint density at radius 3 is 2.45 bits per heavy atom. The average Bonchev–Trinajstić information content (AvgIpc) is 3.47. The Morgan fingerprint density at radius 2 is 1.71 bits per heavy atom. The molecule has 1 fully saturated rings. The van der Waals surface area contributed by atoms with Gasteiger partial charge in [-0.25, -0.2) is 0 Å². The van der Waals surface area contributed by atoms with E-state index in [1.54, 1.807) is 0 Å². The van der Waals surface area contributed by atoms with E-state index in [4.69, 9.17) is 4.74 Å². The first-order valence-electron chi connectivity index (χ1n) is 10.6. The highest BCUT2D eigenvalue weighted by Gasteiger charge is 2.20. The summed E-state index contributed by atoms with van der Waals surface area (Å²) in [4.78, 5) is 14.7. The van der Waals surface area contributed by atoms with Crippen molar-refractivity contribution < 1.29 is 9.53 Å². The summed E-state index contributed by atoms with van der Waals surface area (Å²) in [6, 6.07) is 19.7. The van der Waals surface area contributed by atoms with Gasteiger partial charge in [-0.15, -0.1) is 10.2 Å². The second kappa shape index (κ2) is 11.0. The third-order valence-corrected chi connectivity index (χ3v) is 5.98. The molecule has 1 aromatic heterocycles. The van der Waals surface area contributed by atoms with Crippen LogP contribution in [0.1, 0.15) is 18.7 Å². The fourth-order valence-electron chi connectivity index (χ4n) is 3.53. The topological polar surface area (TPSA) is 72.3 Å². The molecule has 2 heterocycles. The predicted octanol–water partition coefficient (Wildman–Crippen LogP) is 3.15. The van der Waals surface area contributed by atoms with Gasteiger partial charge in [-0.2, -0.15) is 0 Å². The van der Waals surface area contributed by atoms with Crippen LogP contribution in [0.25, 0.3) is 5.69 Å². The summed E-state index contributed by atoms with van der Waals surface area (Å²) in [5, 5.41) is 12.5. The average molecular weight is 438 g/mol. The van der Waals surface area contributed by atoms with Crippen LogP contribution < -0.4 is 10.1 Å². The molecule has 31 heavy (non-hydrogen) atoms. The van der Waals surface area contributed by atoms with Gasteiger partial charge in [0.15, 0.2) is 11.0 Å². The zero-order valence-electron chi connectivity index (χ0n) is 17.4. The number of thioether (sulfide) groups is 1. The van der Waals surface area contributed by atoms with Crippen LogP contribution in [0, 0.1) is 0 Å². The molecule has 8 heteroatoms. The molecule has 4 rings (SSSR count). The fraction of sp³-hybridized carbons (Fsp3) is 0.348. The number of nitrogens with one attached hydrogen (secondary N) is 1. The van der Waals surface area contributed by atoms with Gasteiger partial charge in [-0.05, 0) is 50.2 Å².